The van der Waals surface area contributed by atoms with Gasteiger partial charge in [0.1, 0.15) is 17.8 Å². The van der Waals surface area contributed by atoms with Crippen molar-refractivity contribution in [2.45, 2.75) is 57.5 Å². The Kier molecular flexibility index (Phi) is 8.30. The van der Waals surface area contributed by atoms with E-state index in [9.17, 15) is 24.3 Å². The maximum absolute atomic E-state index is 12.9. The van der Waals surface area contributed by atoms with E-state index < -0.39 is 12.0 Å². The van der Waals surface area contributed by atoms with Gasteiger partial charge in [-0.3, -0.25) is 14.4 Å². The van der Waals surface area contributed by atoms with E-state index in [1.54, 1.807) is 17.0 Å². The third kappa shape index (κ3) is 6.46. The number of esters is 1. The molecule has 0 bridgehead atoms. The molecule has 2 aliphatic heterocycles. The summed E-state index contributed by atoms with van der Waals surface area (Å²) in [6.07, 6.45) is 3.49. The van der Waals surface area contributed by atoms with Crippen LogP contribution in [-0.4, -0.2) is 77.4 Å². The van der Waals surface area contributed by atoms with E-state index >= 15 is 0 Å². The molecule has 3 rings (SSSR count). The lowest BCUT2D eigenvalue weighted by Crippen LogP contribution is -2.50. The second-order valence-corrected chi connectivity index (χ2v) is 8.86. The number of phenols is 1. The lowest BCUT2D eigenvalue weighted by atomic mass is 9.92. The van der Waals surface area contributed by atoms with Gasteiger partial charge in [-0.15, -0.1) is 0 Å². The van der Waals surface area contributed by atoms with Gasteiger partial charge in [-0.2, -0.15) is 0 Å². The molecule has 2 heterocycles. The monoisotopic (exact) mass is 459 g/mol. The molecule has 2 saturated heterocycles. The number of nitrogens with one attached hydrogen (secondary N) is 1. The fraction of sp³-hybridized carbons (Fsp3) is 0.583. The minimum Gasteiger partial charge on any atom is -0.508 e. The average Bonchev–Trinajstić information content (AvgIpc) is 3.30. The molecule has 0 aliphatic carbocycles. The summed E-state index contributed by atoms with van der Waals surface area (Å²) in [4.78, 5) is 52.9. The number of nitrogens with zero attached hydrogens (tertiary/aromatic N) is 2. The fourth-order valence-electron chi connectivity index (χ4n) is 4.69. The Morgan fingerprint density at radius 3 is 2.36 bits per heavy atom. The molecule has 0 aromatic heterocycles. The zero-order valence-electron chi connectivity index (χ0n) is 19.3. The van der Waals surface area contributed by atoms with Gasteiger partial charge in [0, 0.05) is 39.4 Å². The molecular weight excluding hydrogens is 426 g/mol. The van der Waals surface area contributed by atoms with Crippen molar-refractivity contribution in [2.75, 3.05) is 26.7 Å². The van der Waals surface area contributed by atoms with Crippen LogP contribution in [-0.2, 0) is 30.3 Å². The van der Waals surface area contributed by atoms with Gasteiger partial charge in [0.25, 0.3) is 0 Å². The predicted octanol–water partition coefficient (Wildman–Crippen LogP) is 1.23. The quantitative estimate of drug-likeness (QED) is 0.593. The van der Waals surface area contributed by atoms with Gasteiger partial charge in [-0.1, -0.05) is 12.1 Å². The number of amides is 3. The highest BCUT2D eigenvalue weighted by Crippen LogP contribution is 2.25. The van der Waals surface area contributed by atoms with Crippen molar-refractivity contribution >= 4 is 23.7 Å². The Bertz CT molecular complexity index is 863. The van der Waals surface area contributed by atoms with E-state index in [4.69, 9.17) is 4.74 Å². The normalized spacial score (nSPS) is 19.8. The van der Waals surface area contributed by atoms with Crippen LogP contribution in [0.2, 0.25) is 0 Å². The van der Waals surface area contributed by atoms with Crippen LogP contribution in [0.3, 0.4) is 0 Å². The average molecular weight is 460 g/mol. The molecule has 9 heteroatoms. The number of carbonyl (C=O) groups excluding carboxylic acids is 4. The van der Waals surface area contributed by atoms with Crippen LogP contribution in [0.15, 0.2) is 24.3 Å². The molecule has 2 N–H and O–H groups in total. The molecule has 2 atom stereocenters. The second-order valence-electron chi connectivity index (χ2n) is 8.86. The van der Waals surface area contributed by atoms with Gasteiger partial charge >= 0.3 is 5.97 Å². The number of methoxy groups -OCH3 is 1. The summed E-state index contributed by atoms with van der Waals surface area (Å²) in [5, 5.41) is 12.2. The van der Waals surface area contributed by atoms with E-state index in [1.807, 2.05) is 4.90 Å². The summed E-state index contributed by atoms with van der Waals surface area (Å²) in [6.45, 7) is 3.26. The van der Waals surface area contributed by atoms with E-state index in [-0.39, 0.29) is 48.3 Å². The number of phenolic OH excluding ortho intramolecular Hbond substituents is 1. The van der Waals surface area contributed by atoms with E-state index in [0.29, 0.717) is 38.9 Å². The third-order valence-corrected chi connectivity index (χ3v) is 6.54. The Balaban J connectivity index is 1.49. The maximum Gasteiger partial charge on any atom is 0.328 e. The highest BCUT2D eigenvalue weighted by Gasteiger charge is 2.36. The summed E-state index contributed by atoms with van der Waals surface area (Å²) < 4.78 is 4.84. The first kappa shape index (κ1) is 24.5. The molecule has 1 aromatic carbocycles. The summed E-state index contributed by atoms with van der Waals surface area (Å²) in [7, 11) is 1.28. The predicted molar refractivity (Wildman–Crippen MR) is 120 cm³/mol. The summed E-state index contributed by atoms with van der Waals surface area (Å²) in [6, 6.07) is 5.28. The second kappa shape index (κ2) is 11.2. The minimum absolute atomic E-state index is 0.00487. The van der Waals surface area contributed by atoms with Crippen molar-refractivity contribution in [3.8, 4) is 5.75 Å². The molecule has 0 unspecified atom stereocenters. The molecule has 3 amide bonds. The zero-order chi connectivity index (χ0) is 24.0. The van der Waals surface area contributed by atoms with E-state index in [0.717, 1.165) is 12.0 Å². The third-order valence-electron chi connectivity index (χ3n) is 6.54. The SMILES string of the molecule is COC(=O)[C@H](Cc1ccc(O)cc1)NC(=O)CC1CCN(C(=O)[C@@H]2CCCN2C(C)=O)CC1. The first-order chi connectivity index (χ1) is 15.8. The van der Waals surface area contributed by atoms with Crippen LogP contribution in [0.1, 0.15) is 44.6 Å². The van der Waals surface area contributed by atoms with Crippen molar-refractivity contribution in [3.63, 3.8) is 0 Å². The molecule has 0 saturated carbocycles. The van der Waals surface area contributed by atoms with E-state index in [1.165, 1.54) is 26.2 Å². The number of ether oxygens (including phenoxy) is 1. The minimum atomic E-state index is -0.811. The lowest BCUT2D eigenvalue weighted by Gasteiger charge is -2.35. The topological polar surface area (TPSA) is 116 Å². The zero-order valence-corrected chi connectivity index (χ0v) is 19.3. The van der Waals surface area contributed by atoms with Crippen LogP contribution in [0.4, 0.5) is 0 Å². The Hall–Kier alpha value is -3.10. The number of hydrogen-bond acceptors (Lipinski definition) is 6. The highest BCUT2D eigenvalue weighted by atomic mass is 16.5. The summed E-state index contributed by atoms with van der Waals surface area (Å²) >= 11 is 0. The number of piperidine rings is 1. The van der Waals surface area contributed by atoms with Crippen molar-refractivity contribution in [1.29, 1.82) is 0 Å². The van der Waals surface area contributed by atoms with Crippen LogP contribution in [0, 0.1) is 5.92 Å². The summed E-state index contributed by atoms with van der Waals surface area (Å²) in [5.41, 5.74) is 0.793. The van der Waals surface area contributed by atoms with Gasteiger partial charge < -0.3 is 25.0 Å². The van der Waals surface area contributed by atoms with Crippen LogP contribution < -0.4 is 5.32 Å². The Labute approximate surface area is 194 Å². The molecule has 0 spiro atoms. The molecule has 9 nitrogen and oxygen atoms in total. The van der Waals surface area contributed by atoms with Crippen LogP contribution in [0.25, 0.3) is 0 Å². The largest absolute Gasteiger partial charge is 0.508 e. The van der Waals surface area contributed by atoms with Gasteiger partial charge in [0.2, 0.25) is 17.7 Å². The first-order valence-corrected chi connectivity index (χ1v) is 11.5. The van der Waals surface area contributed by atoms with Gasteiger partial charge in [0.15, 0.2) is 0 Å². The first-order valence-electron chi connectivity index (χ1n) is 11.5. The summed E-state index contributed by atoms with van der Waals surface area (Å²) in [5.74, 6) is -0.566. The van der Waals surface area contributed by atoms with E-state index in [2.05, 4.69) is 5.32 Å². The molecule has 33 heavy (non-hydrogen) atoms. The number of carbonyl (C=O) groups is 4. The number of rotatable bonds is 7. The molecule has 2 fully saturated rings. The number of benzene rings is 1. The van der Waals surface area contributed by atoms with Crippen molar-refractivity contribution in [3.05, 3.63) is 29.8 Å². The number of hydrogen-bond donors (Lipinski definition) is 2. The standard InChI is InChI=1S/C24H33N3O6/c1-16(28)27-11-3-4-21(27)23(31)26-12-9-18(10-13-26)15-22(30)25-20(24(32)33-2)14-17-5-7-19(29)8-6-17/h5-8,18,20-21,29H,3-4,9-15H2,1-2H3,(H,25,30)/t20-,21-/m0/s1. The number of aromatic hydroxyl groups is 1. The Morgan fingerprint density at radius 2 is 1.76 bits per heavy atom. The molecule has 1 aromatic rings. The highest BCUT2D eigenvalue weighted by molar-refractivity contribution is 5.87. The van der Waals surface area contributed by atoms with Gasteiger partial charge in [-0.25, -0.2) is 4.79 Å². The molecule has 0 radical (unpaired) electrons. The smallest absolute Gasteiger partial charge is 0.328 e. The van der Waals surface area contributed by atoms with Crippen LogP contribution >= 0.6 is 0 Å². The van der Waals surface area contributed by atoms with Gasteiger partial charge in [0.05, 0.1) is 7.11 Å². The van der Waals surface area contributed by atoms with Crippen LogP contribution in [0.5, 0.6) is 5.75 Å². The van der Waals surface area contributed by atoms with Crippen molar-refractivity contribution in [1.82, 2.24) is 15.1 Å². The lowest BCUT2D eigenvalue weighted by molar-refractivity contribution is -0.145. The molecular formula is C24H33N3O6. The molecule has 2 aliphatic rings. The maximum atomic E-state index is 12.9. The number of likely N-dealkylation sites (tertiary alicyclic amines) is 2. The van der Waals surface area contributed by atoms with Gasteiger partial charge in [-0.05, 0) is 49.3 Å². The van der Waals surface area contributed by atoms with Crippen molar-refractivity contribution in [2.24, 2.45) is 5.92 Å². The molecule has 180 valence electrons. The fourth-order valence-corrected chi connectivity index (χ4v) is 4.69. The Morgan fingerprint density at radius 1 is 1.09 bits per heavy atom. The van der Waals surface area contributed by atoms with Crippen molar-refractivity contribution < 1.29 is 29.0 Å².